The molecule has 3 heteroatoms. The SMILES string of the molecule is OC(Cc1cccc(F)c1F)C1CCC1. The standard InChI is InChI=1S/C12H14F2O/c13-10-6-2-5-9(12(10)14)7-11(15)8-3-1-4-8/h2,5-6,8,11,15H,1,3-4,7H2. The predicted molar refractivity (Wildman–Crippen MR) is 53.4 cm³/mol. The number of aliphatic hydroxyl groups excluding tert-OH is 1. The Morgan fingerprint density at radius 3 is 2.67 bits per heavy atom. The van der Waals surface area contributed by atoms with Gasteiger partial charge in [-0.15, -0.1) is 0 Å². The van der Waals surface area contributed by atoms with Crippen molar-refractivity contribution in [1.82, 2.24) is 0 Å². The van der Waals surface area contributed by atoms with Crippen LogP contribution < -0.4 is 0 Å². The van der Waals surface area contributed by atoms with Crippen LogP contribution in [0.25, 0.3) is 0 Å². The molecule has 0 heterocycles. The first-order chi connectivity index (χ1) is 7.18. The van der Waals surface area contributed by atoms with Crippen LogP contribution in [0.4, 0.5) is 8.78 Å². The van der Waals surface area contributed by atoms with E-state index >= 15 is 0 Å². The summed E-state index contributed by atoms with van der Waals surface area (Å²) in [6.07, 6.45) is 2.81. The Labute approximate surface area is 87.7 Å². The molecule has 0 radical (unpaired) electrons. The summed E-state index contributed by atoms with van der Waals surface area (Å²) in [6.45, 7) is 0. The van der Waals surface area contributed by atoms with Crippen molar-refractivity contribution in [3.63, 3.8) is 0 Å². The fourth-order valence-electron chi connectivity index (χ4n) is 1.92. The van der Waals surface area contributed by atoms with Gasteiger partial charge in [-0.3, -0.25) is 0 Å². The van der Waals surface area contributed by atoms with E-state index in [4.69, 9.17) is 0 Å². The molecule has 1 aromatic rings. The molecular formula is C12H14F2O. The maximum Gasteiger partial charge on any atom is 0.162 e. The van der Waals surface area contributed by atoms with Crippen LogP contribution in [0.1, 0.15) is 24.8 Å². The van der Waals surface area contributed by atoms with Crippen molar-refractivity contribution in [3.05, 3.63) is 35.4 Å². The second kappa shape index (κ2) is 4.27. The highest BCUT2D eigenvalue weighted by Crippen LogP contribution is 2.31. The lowest BCUT2D eigenvalue weighted by atomic mass is 9.79. The third-order valence-corrected chi connectivity index (χ3v) is 3.15. The van der Waals surface area contributed by atoms with Crippen molar-refractivity contribution in [2.75, 3.05) is 0 Å². The molecule has 0 aliphatic heterocycles. The first-order valence-corrected chi connectivity index (χ1v) is 5.29. The van der Waals surface area contributed by atoms with Crippen LogP contribution in [0.5, 0.6) is 0 Å². The van der Waals surface area contributed by atoms with E-state index in [1.807, 2.05) is 0 Å². The summed E-state index contributed by atoms with van der Waals surface area (Å²) < 4.78 is 26.1. The summed E-state index contributed by atoms with van der Waals surface area (Å²) in [6, 6.07) is 4.09. The van der Waals surface area contributed by atoms with Crippen molar-refractivity contribution in [1.29, 1.82) is 0 Å². The van der Waals surface area contributed by atoms with Crippen LogP contribution in [0.3, 0.4) is 0 Å². The van der Waals surface area contributed by atoms with Gasteiger partial charge in [-0.1, -0.05) is 18.6 Å². The molecule has 1 fully saturated rings. The van der Waals surface area contributed by atoms with Gasteiger partial charge in [0.2, 0.25) is 0 Å². The van der Waals surface area contributed by atoms with E-state index in [-0.39, 0.29) is 17.9 Å². The second-order valence-electron chi connectivity index (χ2n) is 4.18. The lowest BCUT2D eigenvalue weighted by Crippen LogP contribution is -2.28. The van der Waals surface area contributed by atoms with E-state index in [9.17, 15) is 13.9 Å². The van der Waals surface area contributed by atoms with E-state index in [1.54, 1.807) is 0 Å². The molecular weight excluding hydrogens is 198 g/mol. The van der Waals surface area contributed by atoms with Gasteiger partial charge in [-0.25, -0.2) is 8.78 Å². The van der Waals surface area contributed by atoms with Gasteiger partial charge in [0.25, 0.3) is 0 Å². The molecule has 1 atom stereocenters. The maximum absolute atomic E-state index is 13.3. The molecule has 15 heavy (non-hydrogen) atoms. The zero-order chi connectivity index (χ0) is 10.8. The topological polar surface area (TPSA) is 20.2 Å². The molecule has 0 bridgehead atoms. The summed E-state index contributed by atoms with van der Waals surface area (Å²) in [5.41, 5.74) is 0.273. The Bertz CT molecular complexity index is 347. The molecule has 1 nitrogen and oxygen atoms in total. The monoisotopic (exact) mass is 212 g/mol. The largest absolute Gasteiger partial charge is 0.392 e. The van der Waals surface area contributed by atoms with Gasteiger partial charge in [-0.05, 0) is 30.4 Å². The van der Waals surface area contributed by atoms with Gasteiger partial charge < -0.3 is 5.11 Å². The summed E-state index contributed by atoms with van der Waals surface area (Å²) >= 11 is 0. The molecule has 0 spiro atoms. The molecule has 82 valence electrons. The minimum Gasteiger partial charge on any atom is -0.392 e. The normalized spacial score (nSPS) is 18.6. The predicted octanol–water partition coefficient (Wildman–Crippen LogP) is 2.67. The van der Waals surface area contributed by atoms with Gasteiger partial charge in [0.05, 0.1) is 6.10 Å². The minimum absolute atomic E-state index is 0.217. The Kier molecular flexibility index (Phi) is 3.00. The van der Waals surface area contributed by atoms with E-state index < -0.39 is 17.7 Å². The highest BCUT2D eigenvalue weighted by atomic mass is 19.2. The Morgan fingerprint density at radius 2 is 2.07 bits per heavy atom. The average molecular weight is 212 g/mol. The summed E-state index contributed by atoms with van der Waals surface area (Å²) in [7, 11) is 0. The summed E-state index contributed by atoms with van der Waals surface area (Å²) in [4.78, 5) is 0. The molecule has 1 N–H and O–H groups in total. The molecule has 1 saturated carbocycles. The van der Waals surface area contributed by atoms with E-state index in [1.165, 1.54) is 12.1 Å². The first kappa shape index (κ1) is 10.6. The molecule has 0 amide bonds. The van der Waals surface area contributed by atoms with Crippen LogP contribution in [0, 0.1) is 17.6 Å². The second-order valence-corrected chi connectivity index (χ2v) is 4.18. The number of aliphatic hydroxyl groups is 1. The van der Waals surface area contributed by atoms with Crippen LogP contribution >= 0.6 is 0 Å². The molecule has 1 unspecified atom stereocenters. The maximum atomic E-state index is 13.3. The first-order valence-electron chi connectivity index (χ1n) is 5.29. The van der Waals surface area contributed by atoms with Gasteiger partial charge in [-0.2, -0.15) is 0 Å². The number of halogens is 2. The van der Waals surface area contributed by atoms with Crippen LogP contribution in [0.2, 0.25) is 0 Å². The third kappa shape index (κ3) is 2.17. The molecule has 0 saturated heterocycles. The lowest BCUT2D eigenvalue weighted by Gasteiger charge is -2.30. The molecule has 1 aliphatic carbocycles. The van der Waals surface area contributed by atoms with Gasteiger partial charge in [0, 0.05) is 6.42 Å². The molecule has 0 aromatic heterocycles. The van der Waals surface area contributed by atoms with Crippen LogP contribution in [-0.4, -0.2) is 11.2 Å². The van der Waals surface area contributed by atoms with Gasteiger partial charge in [0.15, 0.2) is 11.6 Å². The van der Waals surface area contributed by atoms with Crippen molar-refractivity contribution in [2.45, 2.75) is 31.8 Å². The van der Waals surface area contributed by atoms with Crippen molar-refractivity contribution >= 4 is 0 Å². The summed E-state index contributed by atoms with van der Waals surface area (Å²) in [5.74, 6) is -1.39. The fourth-order valence-corrected chi connectivity index (χ4v) is 1.92. The number of benzene rings is 1. The fraction of sp³-hybridized carbons (Fsp3) is 0.500. The lowest BCUT2D eigenvalue weighted by molar-refractivity contribution is 0.0622. The zero-order valence-electron chi connectivity index (χ0n) is 8.42. The Morgan fingerprint density at radius 1 is 1.33 bits per heavy atom. The number of hydrogen-bond donors (Lipinski definition) is 1. The van der Waals surface area contributed by atoms with Gasteiger partial charge >= 0.3 is 0 Å². The molecule has 2 rings (SSSR count). The third-order valence-electron chi connectivity index (χ3n) is 3.15. The van der Waals surface area contributed by atoms with Crippen molar-refractivity contribution in [3.8, 4) is 0 Å². The Hall–Kier alpha value is -0.960. The number of rotatable bonds is 3. The molecule has 1 aliphatic rings. The highest BCUT2D eigenvalue weighted by molar-refractivity contribution is 5.19. The minimum atomic E-state index is -0.840. The van der Waals surface area contributed by atoms with Gasteiger partial charge in [0.1, 0.15) is 0 Å². The van der Waals surface area contributed by atoms with Crippen LogP contribution in [0.15, 0.2) is 18.2 Å². The number of hydrogen-bond acceptors (Lipinski definition) is 1. The molecule has 1 aromatic carbocycles. The smallest absolute Gasteiger partial charge is 0.162 e. The van der Waals surface area contributed by atoms with E-state index in [0.717, 1.165) is 25.3 Å². The summed E-state index contributed by atoms with van der Waals surface area (Å²) in [5, 5.41) is 9.75. The van der Waals surface area contributed by atoms with E-state index in [0.29, 0.717) is 0 Å². The Balaban J connectivity index is 2.06. The zero-order valence-corrected chi connectivity index (χ0v) is 8.42. The van der Waals surface area contributed by atoms with Crippen LogP contribution in [-0.2, 0) is 6.42 Å². The van der Waals surface area contributed by atoms with Crippen molar-refractivity contribution < 1.29 is 13.9 Å². The highest BCUT2D eigenvalue weighted by Gasteiger charge is 2.26. The quantitative estimate of drug-likeness (QED) is 0.816. The van der Waals surface area contributed by atoms with E-state index in [2.05, 4.69) is 0 Å². The average Bonchev–Trinajstić information content (AvgIpc) is 2.10. The van der Waals surface area contributed by atoms with Crippen molar-refractivity contribution in [2.24, 2.45) is 5.92 Å².